The molecule has 0 saturated carbocycles. The van der Waals surface area contributed by atoms with Gasteiger partial charge < -0.3 is 10.2 Å². The van der Waals surface area contributed by atoms with Crippen LogP contribution in [-0.2, 0) is 17.8 Å². The molecule has 0 saturated heterocycles. The van der Waals surface area contributed by atoms with Gasteiger partial charge in [-0.3, -0.25) is 4.79 Å². The van der Waals surface area contributed by atoms with E-state index in [0.29, 0.717) is 0 Å². The second kappa shape index (κ2) is 6.71. The number of benzene rings is 1. The summed E-state index contributed by atoms with van der Waals surface area (Å²) < 4.78 is 0. The van der Waals surface area contributed by atoms with Gasteiger partial charge in [0.2, 0.25) is 5.91 Å². The minimum atomic E-state index is -0.0481. The minimum Gasteiger partial charge on any atom is -0.341 e. The quantitative estimate of drug-likeness (QED) is 0.881. The Labute approximate surface area is 116 Å². The zero-order valence-electron chi connectivity index (χ0n) is 12.0. The van der Waals surface area contributed by atoms with Crippen LogP contribution in [0.25, 0.3) is 0 Å². The summed E-state index contributed by atoms with van der Waals surface area (Å²) in [4.78, 5) is 14.6. The van der Waals surface area contributed by atoms with Crippen molar-refractivity contribution in [3.8, 4) is 0 Å². The second-order valence-corrected chi connectivity index (χ2v) is 5.23. The normalized spacial score (nSPS) is 17.9. The van der Waals surface area contributed by atoms with Crippen LogP contribution in [0.2, 0.25) is 0 Å². The van der Waals surface area contributed by atoms with Crippen molar-refractivity contribution in [3.05, 3.63) is 35.4 Å². The molecule has 1 N–H and O–H groups in total. The topological polar surface area (TPSA) is 32.3 Å². The van der Waals surface area contributed by atoms with Crippen LogP contribution in [0.5, 0.6) is 0 Å². The van der Waals surface area contributed by atoms with E-state index in [9.17, 15) is 4.79 Å². The largest absolute Gasteiger partial charge is 0.341 e. The van der Waals surface area contributed by atoms with E-state index < -0.39 is 0 Å². The van der Waals surface area contributed by atoms with Crippen LogP contribution in [0.1, 0.15) is 37.8 Å². The molecule has 1 unspecified atom stereocenters. The average Bonchev–Trinajstić information content (AvgIpc) is 2.46. The zero-order chi connectivity index (χ0) is 13.7. The monoisotopic (exact) mass is 260 g/mol. The van der Waals surface area contributed by atoms with Crippen LogP contribution >= 0.6 is 0 Å². The van der Waals surface area contributed by atoms with Crippen molar-refractivity contribution < 1.29 is 4.79 Å². The molecule has 2 rings (SSSR count). The van der Waals surface area contributed by atoms with Gasteiger partial charge in [0.05, 0.1) is 6.04 Å². The van der Waals surface area contributed by atoms with Gasteiger partial charge in [-0.25, -0.2) is 0 Å². The van der Waals surface area contributed by atoms with Gasteiger partial charge in [0.1, 0.15) is 0 Å². The maximum Gasteiger partial charge on any atom is 0.240 e. The Morgan fingerprint density at radius 2 is 1.84 bits per heavy atom. The first kappa shape index (κ1) is 14.1. The zero-order valence-corrected chi connectivity index (χ0v) is 12.0. The van der Waals surface area contributed by atoms with Crippen molar-refractivity contribution in [2.24, 2.45) is 0 Å². The average molecular weight is 260 g/mol. The van der Waals surface area contributed by atoms with Gasteiger partial charge in [0.15, 0.2) is 0 Å². The van der Waals surface area contributed by atoms with Crippen LogP contribution in [-0.4, -0.2) is 29.9 Å². The number of rotatable bonds is 5. The van der Waals surface area contributed by atoms with Gasteiger partial charge in [-0.1, -0.05) is 38.1 Å². The van der Waals surface area contributed by atoms with E-state index >= 15 is 0 Å². The summed E-state index contributed by atoms with van der Waals surface area (Å²) in [5, 5.41) is 3.38. The molecular formula is C16H24N2O. The number of hydrogen-bond donors (Lipinski definition) is 1. The molecule has 0 fully saturated rings. The number of carbonyl (C=O) groups excluding carboxylic acids is 1. The predicted molar refractivity (Wildman–Crippen MR) is 77.9 cm³/mol. The fourth-order valence-electron chi connectivity index (χ4n) is 2.72. The molecule has 1 amide bonds. The van der Waals surface area contributed by atoms with Crippen LogP contribution in [0, 0.1) is 0 Å². The molecule has 1 aromatic carbocycles. The smallest absolute Gasteiger partial charge is 0.240 e. The first-order valence-corrected chi connectivity index (χ1v) is 7.35. The number of nitrogens with zero attached hydrogens (tertiary/aromatic N) is 1. The van der Waals surface area contributed by atoms with Crippen LogP contribution < -0.4 is 5.32 Å². The van der Waals surface area contributed by atoms with Gasteiger partial charge in [-0.05, 0) is 30.4 Å². The highest BCUT2D eigenvalue weighted by Gasteiger charge is 2.27. The lowest BCUT2D eigenvalue weighted by Gasteiger charge is -2.30. The van der Waals surface area contributed by atoms with Crippen LogP contribution in [0.3, 0.4) is 0 Å². The Morgan fingerprint density at radius 3 is 2.47 bits per heavy atom. The lowest BCUT2D eigenvalue weighted by Crippen LogP contribution is -2.49. The predicted octanol–water partition coefficient (Wildman–Crippen LogP) is 2.35. The third kappa shape index (κ3) is 3.35. The van der Waals surface area contributed by atoms with Crippen molar-refractivity contribution >= 4 is 5.91 Å². The Morgan fingerprint density at radius 1 is 1.21 bits per heavy atom. The molecule has 1 aliphatic rings. The van der Waals surface area contributed by atoms with E-state index in [-0.39, 0.29) is 11.9 Å². The van der Waals surface area contributed by atoms with E-state index in [4.69, 9.17) is 0 Å². The van der Waals surface area contributed by atoms with Gasteiger partial charge in [-0.2, -0.15) is 0 Å². The summed E-state index contributed by atoms with van der Waals surface area (Å²) in [6.07, 6.45) is 2.86. The Bertz CT molecular complexity index is 425. The van der Waals surface area contributed by atoms with E-state index in [2.05, 4.69) is 43.4 Å². The summed E-state index contributed by atoms with van der Waals surface area (Å²) >= 11 is 0. The molecule has 0 aliphatic carbocycles. The lowest BCUT2D eigenvalue weighted by atomic mass is 9.95. The Hall–Kier alpha value is -1.35. The number of amides is 1. The maximum absolute atomic E-state index is 12.6. The summed E-state index contributed by atoms with van der Waals surface area (Å²) in [5.74, 6) is 0.262. The van der Waals surface area contributed by atoms with Crippen molar-refractivity contribution in [2.75, 3.05) is 13.1 Å². The number of fused-ring (bicyclic) bond motifs is 1. The van der Waals surface area contributed by atoms with Crippen molar-refractivity contribution in [2.45, 2.75) is 45.7 Å². The molecule has 0 spiro atoms. The molecule has 19 heavy (non-hydrogen) atoms. The lowest BCUT2D eigenvalue weighted by molar-refractivity contribution is -0.133. The molecule has 1 heterocycles. The summed E-state index contributed by atoms with van der Waals surface area (Å²) in [7, 11) is 0. The van der Waals surface area contributed by atoms with Gasteiger partial charge in [-0.15, -0.1) is 0 Å². The van der Waals surface area contributed by atoms with E-state index in [1.807, 2.05) is 4.90 Å². The third-order valence-corrected chi connectivity index (χ3v) is 3.68. The van der Waals surface area contributed by atoms with Crippen LogP contribution in [0.15, 0.2) is 24.3 Å². The minimum absolute atomic E-state index is 0.0481. The highest BCUT2D eigenvalue weighted by atomic mass is 16.2. The third-order valence-electron chi connectivity index (χ3n) is 3.68. The highest BCUT2D eigenvalue weighted by Crippen LogP contribution is 2.17. The Balaban J connectivity index is 2.04. The molecule has 1 atom stereocenters. The van der Waals surface area contributed by atoms with E-state index in [1.54, 1.807) is 0 Å². The fraction of sp³-hybridized carbons (Fsp3) is 0.562. The van der Waals surface area contributed by atoms with E-state index in [0.717, 1.165) is 38.9 Å². The summed E-state index contributed by atoms with van der Waals surface area (Å²) in [5.41, 5.74) is 2.64. The standard InChI is InChI=1S/C16H24N2O/c1-3-9-18(10-4-2)16(19)15-11-13-7-5-6-8-14(13)12-17-15/h5-8,15,17H,3-4,9-12H2,1-2H3. The first-order valence-electron chi connectivity index (χ1n) is 7.35. The van der Waals surface area contributed by atoms with Crippen molar-refractivity contribution in [1.82, 2.24) is 10.2 Å². The highest BCUT2D eigenvalue weighted by molar-refractivity contribution is 5.82. The molecule has 0 bridgehead atoms. The van der Waals surface area contributed by atoms with Crippen LogP contribution in [0.4, 0.5) is 0 Å². The van der Waals surface area contributed by atoms with Crippen molar-refractivity contribution in [3.63, 3.8) is 0 Å². The molecule has 1 aromatic rings. The molecule has 3 heteroatoms. The Kier molecular flexibility index (Phi) is 4.97. The van der Waals surface area contributed by atoms with Crippen molar-refractivity contribution in [1.29, 1.82) is 0 Å². The molecule has 0 aromatic heterocycles. The van der Waals surface area contributed by atoms with Gasteiger partial charge in [0, 0.05) is 19.6 Å². The fourth-order valence-corrected chi connectivity index (χ4v) is 2.72. The SMILES string of the molecule is CCCN(CCC)C(=O)C1Cc2ccccc2CN1. The van der Waals surface area contributed by atoms with Gasteiger partial charge >= 0.3 is 0 Å². The molecule has 0 radical (unpaired) electrons. The number of hydrogen-bond acceptors (Lipinski definition) is 2. The number of nitrogens with one attached hydrogen (secondary N) is 1. The molecule has 3 nitrogen and oxygen atoms in total. The van der Waals surface area contributed by atoms with E-state index in [1.165, 1.54) is 11.1 Å². The first-order chi connectivity index (χ1) is 9.26. The second-order valence-electron chi connectivity index (χ2n) is 5.23. The molecule has 1 aliphatic heterocycles. The van der Waals surface area contributed by atoms with Gasteiger partial charge in [0.25, 0.3) is 0 Å². The maximum atomic E-state index is 12.6. The molecule has 104 valence electrons. The summed E-state index contributed by atoms with van der Waals surface area (Å²) in [6.45, 7) is 6.79. The summed E-state index contributed by atoms with van der Waals surface area (Å²) in [6, 6.07) is 8.34. The number of carbonyl (C=O) groups is 1. The molecular weight excluding hydrogens is 236 g/mol.